The van der Waals surface area contributed by atoms with Gasteiger partial charge in [-0.25, -0.2) is 0 Å². The fourth-order valence-electron chi connectivity index (χ4n) is 1.98. The molecule has 1 aliphatic heterocycles. The number of anilines is 1. The highest BCUT2D eigenvalue weighted by molar-refractivity contribution is 7.99. The van der Waals surface area contributed by atoms with Gasteiger partial charge in [-0.3, -0.25) is 9.78 Å². The van der Waals surface area contributed by atoms with Crippen LogP contribution in [0.15, 0.2) is 18.3 Å². The van der Waals surface area contributed by atoms with Crippen molar-refractivity contribution in [3.8, 4) is 0 Å². The minimum atomic E-state index is 0. The number of amides is 1. The Morgan fingerprint density at radius 1 is 1.42 bits per heavy atom. The van der Waals surface area contributed by atoms with Gasteiger partial charge < -0.3 is 11.1 Å². The van der Waals surface area contributed by atoms with E-state index in [2.05, 4.69) is 10.3 Å². The molecule has 1 aromatic heterocycles. The Kier molecular flexibility index (Phi) is 7.02. The molecule has 0 aromatic carbocycles. The van der Waals surface area contributed by atoms with Crippen molar-refractivity contribution in [3.63, 3.8) is 0 Å². The number of carbonyl (C=O) groups is 1. The van der Waals surface area contributed by atoms with Crippen LogP contribution in [0, 0.1) is 5.92 Å². The van der Waals surface area contributed by atoms with E-state index in [0.717, 1.165) is 12.2 Å². The van der Waals surface area contributed by atoms with E-state index in [4.69, 9.17) is 5.73 Å². The molecule has 1 amide bonds. The monoisotopic (exact) mass is 301 g/mol. The van der Waals surface area contributed by atoms with Gasteiger partial charge in [-0.05, 0) is 42.4 Å². The number of nitrogens with two attached hydrogens (primary N) is 1. The van der Waals surface area contributed by atoms with Crippen molar-refractivity contribution < 1.29 is 4.79 Å². The Balaban J connectivity index is 0.00000180. The Hall–Kier alpha value is -0.940. The predicted octanol–water partition coefficient (Wildman–Crippen LogP) is 1.89. The maximum absolute atomic E-state index is 11.8. The summed E-state index contributed by atoms with van der Waals surface area (Å²) in [6.07, 6.45) is 4.35. The molecule has 0 radical (unpaired) electrons. The Morgan fingerprint density at radius 3 is 2.79 bits per heavy atom. The molecule has 0 bridgehead atoms. The summed E-state index contributed by atoms with van der Waals surface area (Å²) in [6, 6.07) is 3.57. The van der Waals surface area contributed by atoms with Gasteiger partial charge in [0.15, 0.2) is 0 Å². The van der Waals surface area contributed by atoms with E-state index >= 15 is 0 Å². The van der Waals surface area contributed by atoms with Crippen LogP contribution in [-0.2, 0) is 11.2 Å². The molecule has 2 rings (SSSR count). The number of nitrogens with zero attached hydrogens (tertiary/aromatic N) is 1. The van der Waals surface area contributed by atoms with Gasteiger partial charge in [0.25, 0.3) is 0 Å². The van der Waals surface area contributed by atoms with Crippen molar-refractivity contribution in [3.05, 3.63) is 24.0 Å². The average molecular weight is 302 g/mol. The van der Waals surface area contributed by atoms with Gasteiger partial charge in [-0.15, -0.1) is 12.4 Å². The molecule has 0 atom stereocenters. The number of hydrogen-bond acceptors (Lipinski definition) is 4. The lowest BCUT2D eigenvalue weighted by atomic mass is 10.0. The lowest BCUT2D eigenvalue weighted by Gasteiger charge is -2.21. The third-order valence-electron chi connectivity index (χ3n) is 3.12. The fourth-order valence-corrected chi connectivity index (χ4v) is 3.18. The molecule has 1 aliphatic rings. The van der Waals surface area contributed by atoms with Crippen LogP contribution >= 0.6 is 24.2 Å². The summed E-state index contributed by atoms with van der Waals surface area (Å²) in [7, 11) is 0. The van der Waals surface area contributed by atoms with Crippen molar-refractivity contribution in [2.24, 2.45) is 5.92 Å². The minimum Gasteiger partial charge on any atom is -0.397 e. The third kappa shape index (κ3) is 5.70. The molecule has 0 unspecified atom stereocenters. The van der Waals surface area contributed by atoms with Crippen LogP contribution in [-0.4, -0.2) is 28.9 Å². The Bertz CT molecular complexity index is 393. The van der Waals surface area contributed by atoms with Crippen LogP contribution in [0.4, 0.5) is 5.69 Å². The quantitative estimate of drug-likeness (QED) is 0.891. The summed E-state index contributed by atoms with van der Waals surface area (Å²) in [5, 5.41) is 3.00. The molecule has 6 heteroatoms. The van der Waals surface area contributed by atoms with Crippen LogP contribution < -0.4 is 11.1 Å². The van der Waals surface area contributed by atoms with Crippen molar-refractivity contribution in [2.75, 3.05) is 23.8 Å². The number of pyridine rings is 1. The molecule has 0 spiro atoms. The van der Waals surface area contributed by atoms with Crippen molar-refractivity contribution >= 4 is 35.8 Å². The normalized spacial score (nSPS) is 15.6. The maximum Gasteiger partial charge on any atom is 0.226 e. The number of nitrogens with one attached hydrogen (secondary N) is 1. The highest BCUT2D eigenvalue weighted by atomic mass is 35.5. The van der Waals surface area contributed by atoms with Crippen molar-refractivity contribution in [1.82, 2.24) is 10.3 Å². The second-order valence-corrected chi connectivity index (χ2v) is 5.84. The first-order chi connectivity index (χ1) is 8.74. The fraction of sp³-hybridized carbons (Fsp3) is 0.538. The molecule has 1 fully saturated rings. The highest BCUT2D eigenvalue weighted by Gasteiger charge is 2.14. The summed E-state index contributed by atoms with van der Waals surface area (Å²) in [5.74, 6) is 3.14. The molecule has 106 valence electrons. The van der Waals surface area contributed by atoms with Crippen LogP contribution in [0.1, 0.15) is 18.5 Å². The van der Waals surface area contributed by atoms with E-state index in [0.29, 0.717) is 18.0 Å². The molecule has 0 saturated carbocycles. The SMILES string of the molecule is Cl.Nc1ccc(CC(=O)NCC2CCSCC2)nc1. The van der Waals surface area contributed by atoms with Gasteiger partial charge in [0.2, 0.25) is 5.91 Å². The van der Waals surface area contributed by atoms with Crippen LogP contribution in [0.3, 0.4) is 0 Å². The zero-order valence-corrected chi connectivity index (χ0v) is 12.4. The highest BCUT2D eigenvalue weighted by Crippen LogP contribution is 2.21. The number of hydrogen-bond donors (Lipinski definition) is 2. The number of nitrogen functional groups attached to an aromatic ring is 1. The molecular formula is C13H20ClN3OS. The maximum atomic E-state index is 11.8. The lowest BCUT2D eigenvalue weighted by Crippen LogP contribution is -2.32. The van der Waals surface area contributed by atoms with E-state index in [1.54, 1.807) is 18.3 Å². The second kappa shape index (κ2) is 8.27. The van der Waals surface area contributed by atoms with Gasteiger partial charge in [-0.1, -0.05) is 0 Å². The molecule has 1 saturated heterocycles. The molecule has 4 nitrogen and oxygen atoms in total. The van der Waals surface area contributed by atoms with Gasteiger partial charge in [-0.2, -0.15) is 11.8 Å². The lowest BCUT2D eigenvalue weighted by molar-refractivity contribution is -0.120. The molecule has 2 heterocycles. The first kappa shape index (κ1) is 16.1. The van der Waals surface area contributed by atoms with E-state index in [1.807, 2.05) is 11.8 Å². The first-order valence-corrected chi connectivity index (χ1v) is 7.44. The molecule has 3 N–H and O–H groups in total. The second-order valence-electron chi connectivity index (χ2n) is 4.62. The van der Waals surface area contributed by atoms with Crippen LogP contribution in [0.5, 0.6) is 0 Å². The Labute approximate surface area is 124 Å². The molecule has 0 aliphatic carbocycles. The topological polar surface area (TPSA) is 68.0 Å². The van der Waals surface area contributed by atoms with Crippen LogP contribution in [0.25, 0.3) is 0 Å². The molecule has 19 heavy (non-hydrogen) atoms. The number of halogens is 1. The van der Waals surface area contributed by atoms with E-state index in [1.165, 1.54) is 24.3 Å². The van der Waals surface area contributed by atoms with Crippen LogP contribution in [0.2, 0.25) is 0 Å². The van der Waals surface area contributed by atoms with E-state index < -0.39 is 0 Å². The van der Waals surface area contributed by atoms with E-state index in [-0.39, 0.29) is 18.3 Å². The number of rotatable bonds is 4. The summed E-state index contributed by atoms with van der Waals surface area (Å²) in [6.45, 7) is 0.800. The standard InChI is InChI=1S/C13H19N3OS.ClH/c14-11-1-2-12(15-9-11)7-13(17)16-8-10-3-5-18-6-4-10;/h1-2,9-10H,3-8,14H2,(H,16,17);1H. The van der Waals surface area contributed by atoms with Gasteiger partial charge in [0.1, 0.15) is 0 Å². The zero-order chi connectivity index (χ0) is 12.8. The number of aromatic nitrogens is 1. The summed E-state index contributed by atoms with van der Waals surface area (Å²) >= 11 is 2.00. The summed E-state index contributed by atoms with van der Waals surface area (Å²) in [4.78, 5) is 15.9. The van der Waals surface area contributed by atoms with E-state index in [9.17, 15) is 4.79 Å². The van der Waals surface area contributed by atoms with Crippen molar-refractivity contribution in [1.29, 1.82) is 0 Å². The van der Waals surface area contributed by atoms with Gasteiger partial charge in [0.05, 0.1) is 18.3 Å². The third-order valence-corrected chi connectivity index (χ3v) is 4.17. The number of carbonyl (C=O) groups excluding carboxylic acids is 1. The Morgan fingerprint density at radius 2 is 2.16 bits per heavy atom. The summed E-state index contributed by atoms with van der Waals surface area (Å²) in [5.41, 5.74) is 6.94. The average Bonchev–Trinajstić information content (AvgIpc) is 2.40. The molecule has 1 aromatic rings. The smallest absolute Gasteiger partial charge is 0.226 e. The van der Waals surface area contributed by atoms with Gasteiger partial charge >= 0.3 is 0 Å². The first-order valence-electron chi connectivity index (χ1n) is 6.29. The predicted molar refractivity (Wildman–Crippen MR) is 82.7 cm³/mol. The number of thioether (sulfide) groups is 1. The zero-order valence-electron chi connectivity index (χ0n) is 10.8. The largest absolute Gasteiger partial charge is 0.397 e. The van der Waals surface area contributed by atoms with Crippen molar-refractivity contribution in [2.45, 2.75) is 19.3 Å². The molecular weight excluding hydrogens is 282 g/mol. The van der Waals surface area contributed by atoms with Gasteiger partial charge in [0, 0.05) is 12.2 Å². The summed E-state index contributed by atoms with van der Waals surface area (Å²) < 4.78 is 0. The minimum absolute atomic E-state index is 0.